The van der Waals surface area contributed by atoms with Crippen LogP contribution in [0.5, 0.6) is 0 Å². The van der Waals surface area contributed by atoms with Crippen LogP contribution in [0.1, 0.15) is 24.5 Å². The number of hydrogen-bond donors (Lipinski definition) is 1. The molecule has 0 bridgehead atoms. The zero-order valence-electron chi connectivity index (χ0n) is 10.3. The number of nitrogens with one attached hydrogen (secondary N) is 1. The molecule has 0 aliphatic heterocycles. The van der Waals surface area contributed by atoms with Crippen molar-refractivity contribution in [2.45, 2.75) is 18.8 Å². The minimum atomic E-state index is 0.606. The highest BCUT2D eigenvalue weighted by atomic mass is 127. The van der Waals surface area contributed by atoms with Gasteiger partial charge in [-0.15, -0.1) is 0 Å². The van der Waals surface area contributed by atoms with E-state index in [4.69, 9.17) is 4.98 Å². The number of anilines is 1. The van der Waals surface area contributed by atoms with Gasteiger partial charge >= 0.3 is 0 Å². The molecule has 2 heterocycles. The Hall–Kier alpha value is -1.18. The molecule has 0 aromatic carbocycles. The number of rotatable bonds is 3. The summed E-state index contributed by atoms with van der Waals surface area (Å²) in [5, 5.41) is 7.51. The van der Waals surface area contributed by atoms with Gasteiger partial charge in [0.2, 0.25) is 0 Å². The molecule has 1 saturated carbocycles. The number of hydrogen-bond acceptors (Lipinski definition) is 4. The van der Waals surface area contributed by atoms with Gasteiger partial charge in [0.1, 0.15) is 11.5 Å². The third-order valence-electron chi connectivity index (χ3n) is 3.02. The van der Waals surface area contributed by atoms with E-state index in [-0.39, 0.29) is 0 Å². The van der Waals surface area contributed by atoms with E-state index in [9.17, 15) is 0 Å². The van der Waals surface area contributed by atoms with Crippen molar-refractivity contribution in [1.29, 1.82) is 0 Å². The largest absolute Gasteiger partial charge is 0.372 e. The average molecular weight is 355 g/mol. The molecule has 0 spiro atoms. The quantitative estimate of drug-likeness (QED) is 0.860. The van der Waals surface area contributed by atoms with Gasteiger partial charge in [-0.05, 0) is 41.5 Å². The molecular formula is C12H14IN5. The van der Waals surface area contributed by atoms with Gasteiger partial charge in [0, 0.05) is 26.2 Å². The topological polar surface area (TPSA) is 55.6 Å². The molecule has 18 heavy (non-hydrogen) atoms. The first-order valence-electron chi connectivity index (χ1n) is 5.94. The molecule has 1 fully saturated rings. The first-order chi connectivity index (χ1) is 8.69. The normalized spacial score (nSPS) is 14.8. The van der Waals surface area contributed by atoms with E-state index >= 15 is 0 Å². The lowest BCUT2D eigenvalue weighted by Crippen LogP contribution is -2.05. The van der Waals surface area contributed by atoms with Crippen LogP contribution in [0.2, 0.25) is 0 Å². The van der Waals surface area contributed by atoms with Gasteiger partial charge < -0.3 is 5.32 Å². The minimum absolute atomic E-state index is 0.606. The summed E-state index contributed by atoms with van der Waals surface area (Å²) >= 11 is 2.32. The maximum absolute atomic E-state index is 4.69. The van der Waals surface area contributed by atoms with Crippen LogP contribution in [0.25, 0.3) is 11.5 Å². The molecule has 0 saturated heterocycles. The maximum Gasteiger partial charge on any atom is 0.182 e. The molecule has 6 heteroatoms. The van der Waals surface area contributed by atoms with E-state index in [1.807, 2.05) is 26.4 Å². The van der Waals surface area contributed by atoms with Crippen LogP contribution in [0.3, 0.4) is 0 Å². The second-order valence-corrected chi connectivity index (χ2v) is 5.57. The summed E-state index contributed by atoms with van der Waals surface area (Å²) in [6.45, 7) is 0. The Balaban J connectivity index is 2.12. The lowest BCUT2D eigenvalue weighted by Gasteiger charge is -2.09. The SMILES string of the molecule is CNc1nc(-c2ccn(C)n2)nc(C2CC2)c1I. The van der Waals surface area contributed by atoms with Crippen molar-refractivity contribution in [3.8, 4) is 11.5 Å². The Bertz CT molecular complexity index is 588. The smallest absolute Gasteiger partial charge is 0.182 e. The van der Waals surface area contributed by atoms with Gasteiger partial charge in [-0.25, -0.2) is 9.97 Å². The maximum atomic E-state index is 4.69. The highest BCUT2D eigenvalue weighted by Gasteiger charge is 2.29. The molecule has 94 valence electrons. The lowest BCUT2D eigenvalue weighted by atomic mass is 10.2. The Labute approximate surface area is 119 Å². The van der Waals surface area contributed by atoms with Crippen LogP contribution in [0.4, 0.5) is 5.82 Å². The third-order valence-corrected chi connectivity index (χ3v) is 4.08. The van der Waals surface area contributed by atoms with E-state index in [1.165, 1.54) is 12.8 Å². The Morgan fingerprint density at radius 3 is 2.72 bits per heavy atom. The predicted molar refractivity (Wildman–Crippen MR) is 78.5 cm³/mol. The summed E-state index contributed by atoms with van der Waals surface area (Å²) in [5.41, 5.74) is 1.99. The van der Waals surface area contributed by atoms with Crippen molar-refractivity contribution in [3.63, 3.8) is 0 Å². The molecule has 0 atom stereocenters. The van der Waals surface area contributed by atoms with Crippen LogP contribution >= 0.6 is 22.6 Å². The summed E-state index contributed by atoms with van der Waals surface area (Å²) < 4.78 is 2.91. The van der Waals surface area contributed by atoms with Gasteiger partial charge in [-0.1, -0.05) is 0 Å². The van der Waals surface area contributed by atoms with Crippen molar-refractivity contribution >= 4 is 28.4 Å². The van der Waals surface area contributed by atoms with Crippen molar-refractivity contribution in [2.75, 3.05) is 12.4 Å². The van der Waals surface area contributed by atoms with Crippen molar-refractivity contribution < 1.29 is 0 Å². The molecule has 0 amide bonds. The van der Waals surface area contributed by atoms with Crippen molar-refractivity contribution in [2.24, 2.45) is 7.05 Å². The number of aromatic nitrogens is 4. The second kappa shape index (κ2) is 4.49. The molecular weight excluding hydrogens is 341 g/mol. The van der Waals surface area contributed by atoms with E-state index < -0.39 is 0 Å². The minimum Gasteiger partial charge on any atom is -0.372 e. The fraction of sp³-hybridized carbons (Fsp3) is 0.417. The van der Waals surface area contributed by atoms with Crippen molar-refractivity contribution in [3.05, 3.63) is 21.5 Å². The molecule has 1 N–H and O–H groups in total. The first kappa shape index (κ1) is 11.9. The fourth-order valence-corrected chi connectivity index (χ4v) is 2.86. The van der Waals surface area contributed by atoms with Crippen LogP contribution in [-0.2, 0) is 7.05 Å². The Morgan fingerprint density at radius 1 is 1.39 bits per heavy atom. The molecule has 2 aromatic rings. The van der Waals surface area contributed by atoms with Crippen LogP contribution in [0, 0.1) is 3.57 Å². The number of halogens is 1. The second-order valence-electron chi connectivity index (χ2n) is 4.49. The Kier molecular flexibility index (Phi) is 2.96. The van der Waals surface area contributed by atoms with E-state index in [0.717, 1.165) is 20.8 Å². The molecule has 1 aliphatic rings. The van der Waals surface area contributed by atoms with Gasteiger partial charge in [0.25, 0.3) is 0 Å². The number of nitrogens with zero attached hydrogens (tertiary/aromatic N) is 4. The molecule has 1 aliphatic carbocycles. The zero-order chi connectivity index (χ0) is 12.7. The monoisotopic (exact) mass is 355 g/mol. The highest BCUT2D eigenvalue weighted by Crippen LogP contribution is 2.42. The summed E-state index contributed by atoms with van der Waals surface area (Å²) in [4.78, 5) is 9.23. The van der Waals surface area contributed by atoms with Crippen LogP contribution in [-0.4, -0.2) is 26.8 Å². The summed E-state index contributed by atoms with van der Waals surface area (Å²) in [7, 11) is 3.79. The van der Waals surface area contributed by atoms with Crippen LogP contribution < -0.4 is 5.32 Å². The Morgan fingerprint density at radius 2 is 2.17 bits per heavy atom. The van der Waals surface area contributed by atoms with Gasteiger partial charge in [-0.3, -0.25) is 4.68 Å². The van der Waals surface area contributed by atoms with Crippen molar-refractivity contribution in [1.82, 2.24) is 19.7 Å². The zero-order valence-corrected chi connectivity index (χ0v) is 12.5. The molecule has 0 unspecified atom stereocenters. The van der Waals surface area contributed by atoms with E-state index in [0.29, 0.717) is 11.7 Å². The fourth-order valence-electron chi connectivity index (χ4n) is 1.91. The standard InChI is InChI=1S/C12H14IN5/c1-14-12-9(13)10(7-3-4-7)15-11(16-12)8-5-6-18(2)17-8/h5-7H,3-4H2,1-2H3,(H,14,15,16). The molecule has 5 nitrogen and oxygen atoms in total. The van der Waals surface area contributed by atoms with E-state index in [2.05, 4.69) is 38.0 Å². The molecule has 2 aromatic heterocycles. The summed E-state index contributed by atoms with van der Waals surface area (Å²) in [6, 6.07) is 1.94. The van der Waals surface area contributed by atoms with Gasteiger partial charge in [0.15, 0.2) is 5.82 Å². The molecule has 0 radical (unpaired) electrons. The van der Waals surface area contributed by atoms with E-state index in [1.54, 1.807) is 4.68 Å². The summed E-state index contributed by atoms with van der Waals surface area (Å²) in [6.07, 6.45) is 4.38. The predicted octanol–water partition coefficient (Wildman–Crippen LogP) is 2.40. The first-order valence-corrected chi connectivity index (χ1v) is 7.02. The lowest BCUT2D eigenvalue weighted by molar-refractivity contribution is 0.768. The van der Waals surface area contributed by atoms with Gasteiger partial charge in [0.05, 0.1) is 9.26 Å². The third kappa shape index (κ3) is 2.09. The number of aryl methyl sites for hydroxylation is 1. The van der Waals surface area contributed by atoms with Crippen LogP contribution in [0.15, 0.2) is 12.3 Å². The van der Waals surface area contributed by atoms with Gasteiger partial charge in [-0.2, -0.15) is 5.10 Å². The summed E-state index contributed by atoms with van der Waals surface area (Å²) in [5.74, 6) is 2.21. The highest BCUT2D eigenvalue weighted by molar-refractivity contribution is 14.1. The average Bonchev–Trinajstić information content (AvgIpc) is 3.12. The molecule has 3 rings (SSSR count).